The van der Waals surface area contributed by atoms with Gasteiger partial charge in [-0.1, -0.05) is 6.42 Å². The summed E-state index contributed by atoms with van der Waals surface area (Å²) in [5, 5.41) is 3.04. The van der Waals surface area contributed by atoms with Crippen LogP contribution in [-0.4, -0.2) is 42.5 Å². The summed E-state index contributed by atoms with van der Waals surface area (Å²) in [4.78, 5) is 13.9. The molecule has 4 nitrogen and oxygen atoms in total. The van der Waals surface area contributed by atoms with E-state index in [9.17, 15) is 4.79 Å². The van der Waals surface area contributed by atoms with Crippen molar-refractivity contribution in [3.05, 3.63) is 0 Å². The van der Waals surface area contributed by atoms with Crippen molar-refractivity contribution in [1.29, 1.82) is 0 Å². The van der Waals surface area contributed by atoms with Crippen molar-refractivity contribution in [2.45, 2.75) is 64.0 Å². The fourth-order valence-corrected chi connectivity index (χ4v) is 2.65. The van der Waals surface area contributed by atoms with Crippen LogP contribution in [0.3, 0.4) is 0 Å². The third kappa shape index (κ3) is 4.25. The van der Waals surface area contributed by atoms with Crippen LogP contribution in [-0.2, 0) is 4.79 Å². The summed E-state index contributed by atoms with van der Waals surface area (Å²) >= 11 is 0. The van der Waals surface area contributed by atoms with Crippen LogP contribution < -0.4 is 11.1 Å². The minimum absolute atomic E-state index is 0.253. The van der Waals surface area contributed by atoms with Crippen LogP contribution in [0.5, 0.6) is 0 Å². The van der Waals surface area contributed by atoms with E-state index in [0.29, 0.717) is 0 Å². The minimum Gasteiger partial charge on any atom is -0.368 e. The monoisotopic (exact) mass is 255 g/mol. The number of hydrogen-bond acceptors (Lipinski definition) is 3. The number of rotatable bonds is 7. The Kier molecular flexibility index (Phi) is 6.09. The molecule has 2 unspecified atom stereocenters. The summed E-state index contributed by atoms with van der Waals surface area (Å²) in [7, 11) is 1.80. The van der Waals surface area contributed by atoms with Crippen LogP contribution in [0.2, 0.25) is 0 Å². The maximum Gasteiger partial charge on any atom is 0.237 e. The number of likely N-dealkylation sites (tertiary alicyclic amines) is 1. The molecule has 3 N–H and O–H groups in total. The Hall–Kier alpha value is -0.610. The van der Waals surface area contributed by atoms with Crippen LogP contribution in [0.4, 0.5) is 0 Å². The van der Waals surface area contributed by atoms with Gasteiger partial charge in [0.1, 0.15) is 0 Å². The third-order valence-electron chi connectivity index (χ3n) is 4.41. The molecule has 1 saturated heterocycles. The SMILES string of the molecule is CNC(C)(CCCCN1CCCCC1C)C(N)=O. The zero-order valence-electron chi connectivity index (χ0n) is 12.2. The van der Waals surface area contributed by atoms with Gasteiger partial charge >= 0.3 is 0 Å². The maximum atomic E-state index is 11.3. The average Bonchev–Trinajstić information content (AvgIpc) is 2.36. The van der Waals surface area contributed by atoms with Gasteiger partial charge in [-0.25, -0.2) is 0 Å². The van der Waals surface area contributed by atoms with Gasteiger partial charge in [-0.05, 0) is 66.1 Å². The van der Waals surface area contributed by atoms with Crippen molar-refractivity contribution in [3.8, 4) is 0 Å². The second-order valence-corrected chi connectivity index (χ2v) is 5.78. The molecule has 18 heavy (non-hydrogen) atoms. The van der Waals surface area contributed by atoms with Crippen LogP contribution in [0.25, 0.3) is 0 Å². The molecule has 1 aliphatic heterocycles. The number of nitrogens with zero attached hydrogens (tertiary/aromatic N) is 1. The number of likely N-dealkylation sites (N-methyl/N-ethyl adjacent to an activating group) is 1. The topological polar surface area (TPSA) is 58.4 Å². The molecular formula is C14H29N3O. The normalized spacial score (nSPS) is 24.7. The zero-order chi connectivity index (χ0) is 13.6. The molecule has 2 atom stereocenters. The lowest BCUT2D eigenvalue weighted by atomic mass is 9.94. The van der Waals surface area contributed by atoms with E-state index in [4.69, 9.17) is 5.73 Å². The summed E-state index contributed by atoms with van der Waals surface area (Å²) in [6, 6.07) is 0.727. The van der Waals surface area contributed by atoms with Crippen molar-refractivity contribution in [3.63, 3.8) is 0 Å². The van der Waals surface area contributed by atoms with Crippen molar-refractivity contribution in [1.82, 2.24) is 10.2 Å². The molecule has 1 amide bonds. The fraction of sp³-hybridized carbons (Fsp3) is 0.929. The van der Waals surface area contributed by atoms with E-state index in [1.165, 1.54) is 25.8 Å². The van der Waals surface area contributed by atoms with Gasteiger partial charge in [0.05, 0.1) is 5.54 Å². The second-order valence-electron chi connectivity index (χ2n) is 5.78. The Morgan fingerprint density at radius 2 is 2.17 bits per heavy atom. The van der Waals surface area contributed by atoms with Gasteiger partial charge in [-0.3, -0.25) is 4.79 Å². The maximum absolute atomic E-state index is 11.3. The van der Waals surface area contributed by atoms with E-state index in [2.05, 4.69) is 17.1 Å². The predicted octanol–water partition coefficient (Wildman–Crippen LogP) is 1.49. The van der Waals surface area contributed by atoms with Crippen LogP contribution in [0.15, 0.2) is 0 Å². The van der Waals surface area contributed by atoms with Gasteiger partial charge in [0.25, 0.3) is 0 Å². The van der Waals surface area contributed by atoms with Gasteiger partial charge in [-0.15, -0.1) is 0 Å². The molecule has 0 bridgehead atoms. The number of carbonyl (C=O) groups excluding carboxylic acids is 1. The van der Waals surface area contributed by atoms with E-state index in [0.717, 1.165) is 31.8 Å². The van der Waals surface area contributed by atoms with Gasteiger partial charge < -0.3 is 16.0 Å². The first-order valence-electron chi connectivity index (χ1n) is 7.22. The van der Waals surface area contributed by atoms with Crippen LogP contribution in [0, 0.1) is 0 Å². The number of piperidine rings is 1. The van der Waals surface area contributed by atoms with E-state index in [-0.39, 0.29) is 5.91 Å². The first-order chi connectivity index (χ1) is 8.49. The van der Waals surface area contributed by atoms with Gasteiger partial charge in [0.2, 0.25) is 5.91 Å². The smallest absolute Gasteiger partial charge is 0.237 e. The van der Waals surface area contributed by atoms with Gasteiger partial charge in [-0.2, -0.15) is 0 Å². The molecule has 1 heterocycles. The van der Waals surface area contributed by atoms with E-state index < -0.39 is 5.54 Å². The van der Waals surface area contributed by atoms with Crippen LogP contribution >= 0.6 is 0 Å². The molecule has 0 aromatic carbocycles. The lowest BCUT2D eigenvalue weighted by Crippen LogP contribution is -2.51. The Bertz CT molecular complexity index is 270. The van der Waals surface area contributed by atoms with Crippen molar-refractivity contribution in [2.24, 2.45) is 5.73 Å². The Labute approximate surface area is 111 Å². The number of nitrogens with one attached hydrogen (secondary N) is 1. The van der Waals surface area contributed by atoms with E-state index in [1.54, 1.807) is 7.05 Å². The first kappa shape index (κ1) is 15.4. The summed E-state index contributed by atoms with van der Waals surface area (Å²) in [6.45, 7) is 6.60. The molecule has 0 aromatic heterocycles. The van der Waals surface area contributed by atoms with Gasteiger partial charge in [0.15, 0.2) is 0 Å². The molecule has 4 heteroatoms. The Morgan fingerprint density at radius 3 is 2.72 bits per heavy atom. The lowest BCUT2D eigenvalue weighted by Gasteiger charge is -2.33. The highest BCUT2D eigenvalue weighted by Gasteiger charge is 2.28. The highest BCUT2D eigenvalue weighted by atomic mass is 16.1. The number of nitrogens with two attached hydrogens (primary N) is 1. The largest absolute Gasteiger partial charge is 0.368 e. The molecule has 0 saturated carbocycles. The minimum atomic E-state index is -0.548. The summed E-state index contributed by atoms with van der Waals surface area (Å²) in [5.74, 6) is -0.253. The molecule has 0 radical (unpaired) electrons. The number of unbranched alkanes of at least 4 members (excludes halogenated alkanes) is 1. The standard InChI is InChI=1S/C14H29N3O/c1-12-8-4-6-10-17(12)11-7-5-9-14(2,16-3)13(15)18/h12,16H,4-11H2,1-3H3,(H2,15,18). The average molecular weight is 255 g/mol. The Morgan fingerprint density at radius 1 is 1.44 bits per heavy atom. The number of carbonyl (C=O) groups is 1. The highest BCUT2D eigenvalue weighted by Crippen LogP contribution is 2.18. The molecule has 0 aliphatic carbocycles. The number of amides is 1. The number of primary amides is 1. The molecule has 106 valence electrons. The molecular weight excluding hydrogens is 226 g/mol. The van der Waals surface area contributed by atoms with E-state index >= 15 is 0 Å². The second kappa shape index (κ2) is 7.10. The van der Waals surface area contributed by atoms with Crippen molar-refractivity contribution in [2.75, 3.05) is 20.1 Å². The summed E-state index contributed by atoms with van der Waals surface area (Å²) < 4.78 is 0. The number of hydrogen-bond donors (Lipinski definition) is 2. The third-order valence-corrected chi connectivity index (χ3v) is 4.41. The summed E-state index contributed by atoms with van der Waals surface area (Å²) in [6.07, 6.45) is 7.05. The molecule has 1 aliphatic rings. The fourth-order valence-electron chi connectivity index (χ4n) is 2.65. The highest BCUT2D eigenvalue weighted by molar-refractivity contribution is 5.84. The molecule has 0 aromatic rings. The molecule has 1 rings (SSSR count). The van der Waals surface area contributed by atoms with Crippen molar-refractivity contribution >= 4 is 5.91 Å². The molecule has 0 spiro atoms. The zero-order valence-corrected chi connectivity index (χ0v) is 12.2. The predicted molar refractivity (Wildman–Crippen MR) is 75.4 cm³/mol. The van der Waals surface area contributed by atoms with Crippen molar-refractivity contribution < 1.29 is 4.79 Å². The molecule has 1 fully saturated rings. The first-order valence-corrected chi connectivity index (χ1v) is 7.22. The Balaban J connectivity index is 2.23. The van der Waals surface area contributed by atoms with Gasteiger partial charge in [0, 0.05) is 6.04 Å². The van der Waals surface area contributed by atoms with Crippen LogP contribution in [0.1, 0.15) is 52.4 Å². The lowest BCUT2D eigenvalue weighted by molar-refractivity contribution is -0.123. The van der Waals surface area contributed by atoms with E-state index in [1.807, 2.05) is 6.92 Å². The quantitative estimate of drug-likeness (QED) is 0.678. The summed E-state index contributed by atoms with van der Waals surface area (Å²) in [5.41, 5.74) is 4.87.